The van der Waals surface area contributed by atoms with Gasteiger partial charge in [0, 0.05) is 24.6 Å². The van der Waals surface area contributed by atoms with Crippen LogP contribution in [0.25, 0.3) is 0 Å². The minimum absolute atomic E-state index is 0.725. The fourth-order valence-corrected chi connectivity index (χ4v) is 1.99. The van der Waals surface area contributed by atoms with Crippen molar-refractivity contribution in [3.63, 3.8) is 0 Å². The molecule has 100 valence electrons. The van der Waals surface area contributed by atoms with Gasteiger partial charge in [-0.3, -0.25) is 4.98 Å². The summed E-state index contributed by atoms with van der Waals surface area (Å²) in [6.45, 7) is 1.49. The molecule has 2 heterocycles. The van der Waals surface area contributed by atoms with E-state index >= 15 is 0 Å². The first kappa shape index (κ1) is 12.3. The number of rotatable bonds is 5. The van der Waals surface area contributed by atoms with Crippen LogP contribution in [0.3, 0.4) is 0 Å². The highest BCUT2D eigenvalue weighted by atomic mass is 15.3. The summed E-state index contributed by atoms with van der Waals surface area (Å²) >= 11 is 0. The number of hydrogen-bond acceptors (Lipinski definition) is 4. The molecule has 0 aliphatic rings. The van der Waals surface area contributed by atoms with E-state index < -0.39 is 0 Å². The third kappa shape index (κ3) is 3.20. The van der Waals surface area contributed by atoms with E-state index in [0.29, 0.717) is 0 Å². The molecule has 3 aromatic rings. The second kappa shape index (κ2) is 5.97. The van der Waals surface area contributed by atoms with Gasteiger partial charge >= 0.3 is 0 Å². The van der Waals surface area contributed by atoms with Crippen molar-refractivity contribution >= 4 is 5.69 Å². The Bertz CT molecular complexity index is 649. The van der Waals surface area contributed by atoms with Crippen LogP contribution in [-0.2, 0) is 13.1 Å². The summed E-state index contributed by atoms with van der Waals surface area (Å²) in [6.07, 6.45) is 6.91. The van der Waals surface area contributed by atoms with E-state index in [2.05, 4.69) is 44.6 Å². The first-order valence-corrected chi connectivity index (χ1v) is 6.44. The number of benzene rings is 1. The maximum atomic E-state index is 4.11. The quantitative estimate of drug-likeness (QED) is 0.769. The molecule has 20 heavy (non-hydrogen) atoms. The first-order valence-electron chi connectivity index (χ1n) is 6.44. The molecule has 0 amide bonds. The maximum absolute atomic E-state index is 4.11. The molecule has 5 nitrogen and oxygen atoms in total. The second-order valence-corrected chi connectivity index (χ2v) is 4.51. The molecule has 0 atom stereocenters. The Hall–Kier alpha value is -2.69. The average molecular weight is 265 g/mol. The molecule has 0 radical (unpaired) electrons. The van der Waals surface area contributed by atoms with Crippen molar-refractivity contribution in [3.05, 3.63) is 72.6 Å². The number of nitrogens with zero attached hydrogens (tertiary/aromatic N) is 4. The van der Waals surface area contributed by atoms with Crippen LogP contribution in [0.1, 0.15) is 11.1 Å². The molecule has 1 aromatic carbocycles. The normalized spacial score (nSPS) is 10.4. The largest absolute Gasteiger partial charge is 0.381 e. The zero-order chi connectivity index (χ0) is 13.6. The van der Waals surface area contributed by atoms with Gasteiger partial charge < -0.3 is 5.32 Å². The predicted octanol–water partition coefficient (Wildman–Crippen LogP) is 2.33. The highest BCUT2D eigenvalue weighted by Crippen LogP contribution is 2.12. The molecule has 0 bridgehead atoms. The maximum Gasteiger partial charge on any atom is 0.137 e. The van der Waals surface area contributed by atoms with Gasteiger partial charge in [0.25, 0.3) is 0 Å². The Morgan fingerprint density at radius 2 is 2.00 bits per heavy atom. The topological polar surface area (TPSA) is 55.6 Å². The molecule has 0 aliphatic heterocycles. The lowest BCUT2D eigenvalue weighted by molar-refractivity contribution is 0.685. The van der Waals surface area contributed by atoms with Crippen LogP contribution in [0.2, 0.25) is 0 Å². The summed E-state index contributed by atoms with van der Waals surface area (Å²) in [4.78, 5) is 8.05. The molecule has 1 N–H and O–H groups in total. The van der Waals surface area contributed by atoms with Crippen molar-refractivity contribution in [1.29, 1.82) is 0 Å². The molecule has 0 fully saturated rings. The molecule has 3 rings (SSSR count). The van der Waals surface area contributed by atoms with Gasteiger partial charge in [-0.05, 0) is 29.3 Å². The van der Waals surface area contributed by atoms with Gasteiger partial charge in [0.1, 0.15) is 12.7 Å². The van der Waals surface area contributed by atoms with Gasteiger partial charge in [0.15, 0.2) is 0 Å². The van der Waals surface area contributed by atoms with Crippen LogP contribution in [0.4, 0.5) is 5.69 Å². The minimum Gasteiger partial charge on any atom is -0.381 e. The monoisotopic (exact) mass is 265 g/mol. The van der Waals surface area contributed by atoms with Gasteiger partial charge in [-0.15, -0.1) is 0 Å². The van der Waals surface area contributed by atoms with Crippen LogP contribution < -0.4 is 5.32 Å². The Labute approximate surface area is 117 Å². The lowest BCUT2D eigenvalue weighted by Gasteiger charge is -2.08. The van der Waals surface area contributed by atoms with Gasteiger partial charge in [0.2, 0.25) is 0 Å². The van der Waals surface area contributed by atoms with E-state index in [4.69, 9.17) is 0 Å². The van der Waals surface area contributed by atoms with E-state index in [9.17, 15) is 0 Å². The number of anilines is 1. The van der Waals surface area contributed by atoms with Gasteiger partial charge in [-0.1, -0.05) is 18.2 Å². The third-order valence-corrected chi connectivity index (χ3v) is 2.96. The van der Waals surface area contributed by atoms with E-state index in [1.807, 2.05) is 18.3 Å². The van der Waals surface area contributed by atoms with Crippen LogP contribution in [0, 0.1) is 0 Å². The fraction of sp³-hybridized carbons (Fsp3) is 0.133. The van der Waals surface area contributed by atoms with E-state index in [-0.39, 0.29) is 0 Å². The molecular weight excluding hydrogens is 250 g/mol. The van der Waals surface area contributed by atoms with Crippen LogP contribution in [-0.4, -0.2) is 19.7 Å². The van der Waals surface area contributed by atoms with Crippen molar-refractivity contribution in [2.75, 3.05) is 5.32 Å². The Morgan fingerprint density at radius 1 is 1.05 bits per heavy atom. The number of pyridine rings is 1. The van der Waals surface area contributed by atoms with Gasteiger partial charge in [-0.25, -0.2) is 9.67 Å². The number of hydrogen-bond donors (Lipinski definition) is 1. The van der Waals surface area contributed by atoms with E-state index in [1.54, 1.807) is 23.5 Å². The third-order valence-electron chi connectivity index (χ3n) is 2.96. The van der Waals surface area contributed by atoms with Crippen molar-refractivity contribution in [2.24, 2.45) is 0 Å². The zero-order valence-electron chi connectivity index (χ0n) is 11.0. The second-order valence-electron chi connectivity index (χ2n) is 4.51. The number of aromatic nitrogens is 4. The summed E-state index contributed by atoms with van der Waals surface area (Å²) in [5, 5.41) is 7.51. The Balaban J connectivity index is 1.65. The van der Waals surface area contributed by atoms with Crippen LogP contribution in [0.5, 0.6) is 0 Å². The van der Waals surface area contributed by atoms with Crippen LogP contribution in [0.15, 0.2) is 61.4 Å². The lowest BCUT2D eigenvalue weighted by Crippen LogP contribution is -2.02. The Morgan fingerprint density at radius 3 is 2.80 bits per heavy atom. The van der Waals surface area contributed by atoms with Crippen molar-refractivity contribution in [3.8, 4) is 0 Å². The summed E-state index contributed by atoms with van der Waals surface area (Å²) < 4.78 is 1.81. The molecule has 0 unspecified atom stereocenters. The SMILES string of the molecule is c1cncc(CNc2cccc(Cn3cncn3)c2)c1. The Kier molecular flexibility index (Phi) is 3.68. The predicted molar refractivity (Wildman–Crippen MR) is 77.1 cm³/mol. The summed E-state index contributed by atoms with van der Waals surface area (Å²) in [5.74, 6) is 0. The molecule has 0 spiro atoms. The first-order chi connectivity index (χ1) is 9.90. The summed E-state index contributed by atoms with van der Waals surface area (Å²) in [6, 6.07) is 12.3. The standard InChI is InChI=1S/C15H15N5/c1-3-13(10-20-12-17-11-19-20)7-15(5-1)18-9-14-4-2-6-16-8-14/h1-8,11-12,18H,9-10H2. The lowest BCUT2D eigenvalue weighted by atomic mass is 10.2. The number of nitrogens with one attached hydrogen (secondary N) is 1. The summed E-state index contributed by atoms with van der Waals surface area (Å²) in [5.41, 5.74) is 3.44. The van der Waals surface area contributed by atoms with Crippen molar-refractivity contribution in [2.45, 2.75) is 13.1 Å². The highest BCUT2D eigenvalue weighted by molar-refractivity contribution is 5.46. The van der Waals surface area contributed by atoms with Gasteiger partial charge in [0.05, 0.1) is 6.54 Å². The molecule has 0 saturated carbocycles. The zero-order valence-corrected chi connectivity index (χ0v) is 11.0. The molecule has 0 saturated heterocycles. The van der Waals surface area contributed by atoms with E-state index in [0.717, 1.165) is 24.3 Å². The fourth-order valence-electron chi connectivity index (χ4n) is 1.99. The average Bonchev–Trinajstić information content (AvgIpc) is 3.00. The van der Waals surface area contributed by atoms with Crippen molar-refractivity contribution in [1.82, 2.24) is 19.7 Å². The highest BCUT2D eigenvalue weighted by Gasteiger charge is 1.98. The minimum atomic E-state index is 0.725. The van der Waals surface area contributed by atoms with E-state index in [1.165, 1.54) is 5.56 Å². The van der Waals surface area contributed by atoms with Crippen LogP contribution >= 0.6 is 0 Å². The van der Waals surface area contributed by atoms with Gasteiger partial charge in [-0.2, -0.15) is 5.10 Å². The molecule has 5 heteroatoms. The molecular formula is C15H15N5. The van der Waals surface area contributed by atoms with Crippen molar-refractivity contribution < 1.29 is 0 Å². The summed E-state index contributed by atoms with van der Waals surface area (Å²) in [7, 11) is 0. The molecule has 2 aromatic heterocycles. The smallest absolute Gasteiger partial charge is 0.137 e. The molecule has 0 aliphatic carbocycles.